The fourth-order valence-electron chi connectivity index (χ4n) is 2.54. The van der Waals surface area contributed by atoms with Crippen LogP contribution in [-0.2, 0) is 11.3 Å². The van der Waals surface area contributed by atoms with Crippen LogP contribution in [0.3, 0.4) is 0 Å². The van der Waals surface area contributed by atoms with E-state index in [-0.39, 0.29) is 5.91 Å². The molecule has 136 valence electrons. The summed E-state index contributed by atoms with van der Waals surface area (Å²) in [7, 11) is 0. The third kappa shape index (κ3) is 4.50. The van der Waals surface area contributed by atoms with Gasteiger partial charge in [0.1, 0.15) is 0 Å². The first-order chi connectivity index (χ1) is 12.8. The Morgan fingerprint density at radius 3 is 2.65 bits per heavy atom. The fraction of sp³-hybridized carbons (Fsp3) is 0.316. The molecule has 3 rings (SSSR count). The maximum absolute atomic E-state index is 12.0. The Morgan fingerprint density at radius 2 is 1.85 bits per heavy atom. The normalized spacial score (nSPS) is 10.7. The number of aromatic nitrogens is 3. The van der Waals surface area contributed by atoms with Crippen molar-refractivity contribution in [2.24, 2.45) is 0 Å². The first-order valence-electron chi connectivity index (χ1n) is 8.68. The quantitative estimate of drug-likeness (QED) is 0.598. The number of fused-ring (bicyclic) bond motifs is 1. The lowest BCUT2D eigenvalue weighted by Crippen LogP contribution is -2.24. The van der Waals surface area contributed by atoms with E-state index in [0.29, 0.717) is 44.2 Å². The molecule has 3 aromatic rings. The number of hydrogen-bond donors (Lipinski definition) is 1. The summed E-state index contributed by atoms with van der Waals surface area (Å²) in [5, 5.41) is 11.0. The van der Waals surface area contributed by atoms with Crippen LogP contribution >= 0.6 is 0 Å². The van der Waals surface area contributed by atoms with Gasteiger partial charge in [0, 0.05) is 12.6 Å². The third-order valence-corrected chi connectivity index (χ3v) is 3.78. The number of rotatable bonds is 9. The monoisotopic (exact) mass is 354 g/mol. The van der Waals surface area contributed by atoms with Crippen LogP contribution in [0.1, 0.15) is 25.6 Å². The molecule has 0 aliphatic heterocycles. The summed E-state index contributed by atoms with van der Waals surface area (Å²) in [6, 6.07) is 13.2. The molecule has 0 aliphatic rings. The van der Waals surface area contributed by atoms with E-state index in [9.17, 15) is 4.79 Å². The first kappa shape index (κ1) is 17.7. The van der Waals surface area contributed by atoms with Crippen LogP contribution < -0.4 is 14.8 Å². The minimum Gasteiger partial charge on any atom is -0.490 e. The summed E-state index contributed by atoms with van der Waals surface area (Å²) in [6.07, 6.45) is 2.88. The molecule has 2 heterocycles. The molecule has 0 saturated heterocycles. The van der Waals surface area contributed by atoms with Crippen molar-refractivity contribution in [3.8, 4) is 11.5 Å². The predicted molar refractivity (Wildman–Crippen MR) is 97.2 cm³/mol. The van der Waals surface area contributed by atoms with Gasteiger partial charge in [-0.05, 0) is 37.6 Å². The standard InChI is InChI=1S/C19H22N4O3/c1-2-25-15-8-3-4-9-16(15)26-13-7-11-19(24)20-14-18-22-21-17-10-5-6-12-23(17)18/h3-6,8-10,12H,2,7,11,13-14H2,1H3,(H,20,24). The molecule has 0 saturated carbocycles. The molecule has 26 heavy (non-hydrogen) atoms. The summed E-state index contributed by atoms with van der Waals surface area (Å²) >= 11 is 0. The third-order valence-electron chi connectivity index (χ3n) is 3.78. The summed E-state index contributed by atoms with van der Waals surface area (Å²) in [6.45, 7) is 3.31. The van der Waals surface area contributed by atoms with Crippen molar-refractivity contribution < 1.29 is 14.3 Å². The van der Waals surface area contributed by atoms with E-state index in [1.807, 2.05) is 60.0 Å². The SMILES string of the molecule is CCOc1ccccc1OCCCC(=O)NCc1nnc2ccccn12. The molecule has 0 bridgehead atoms. The van der Waals surface area contributed by atoms with Crippen LogP contribution in [0.4, 0.5) is 0 Å². The molecular weight excluding hydrogens is 332 g/mol. The van der Waals surface area contributed by atoms with E-state index >= 15 is 0 Å². The van der Waals surface area contributed by atoms with Crippen LogP contribution in [0.2, 0.25) is 0 Å². The van der Waals surface area contributed by atoms with Crippen LogP contribution in [-0.4, -0.2) is 33.7 Å². The predicted octanol–water partition coefficient (Wildman–Crippen LogP) is 2.60. The van der Waals surface area contributed by atoms with E-state index in [1.165, 1.54) is 0 Å². The van der Waals surface area contributed by atoms with Gasteiger partial charge in [-0.15, -0.1) is 10.2 Å². The molecule has 0 aliphatic carbocycles. The number of ether oxygens (including phenoxy) is 2. The van der Waals surface area contributed by atoms with Gasteiger partial charge in [-0.1, -0.05) is 18.2 Å². The molecule has 1 amide bonds. The highest BCUT2D eigenvalue weighted by Gasteiger charge is 2.08. The van der Waals surface area contributed by atoms with Crippen LogP contribution in [0, 0.1) is 0 Å². The molecule has 0 unspecified atom stereocenters. The van der Waals surface area contributed by atoms with E-state index < -0.39 is 0 Å². The van der Waals surface area contributed by atoms with E-state index in [4.69, 9.17) is 9.47 Å². The summed E-state index contributed by atoms with van der Waals surface area (Å²) < 4.78 is 13.1. The van der Waals surface area contributed by atoms with Gasteiger partial charge in [-0.3, -0.25) is 9.20 Å². The number of pyridine rings is 1. The molecule has 1 aromatic carbocycles. The van der Waals surface area contributed by atoms with Crippen molar-refractivity contribution in [3.05, 3.63) is 54.5 Å². The van der Waals surface area contributed by atoms with E-state index in [0.717, 1.165) is 11.4 Å². The molecule has 7 heteroatoms. The van der Waals surface area contributed by atoms with Crippen molar-refractivity contribution in [3.63, 3.8) is 0 Å². The van der Waals surface area contributed by atoms with Gasteiger partial charge in [0.05, 0.1) is 19.8 Å². The zero-order chi connectivity index (χ0) is 18.2. The Labute approximate surface area is 152 Å². The van der Waals surface area contributed by atoms with Gasteiger partial charge in [0.15, 0.2) is 23.0 Å². The zero-order valence-corrected chi connectivity index (χ0v) is 14.7. The van der Waals surface area contributed by atoms with Gasteiger partial charge < -0.3 is 14.8 Å². The van der Waals surface area contributed by atoms with Gasteiger partial charge >= 0.3 is 0 Å². The topological polar surface area (TPSA) is 77.8 Å². The molecule has 0 radical (unpaired) electrons. The number of nitrogens with one attached hydrogen (secondary N) is 1. The molecule has 2 aromatic heterocycles. The van der Waals surface area contributed by atoms with Crippen molar-refractivity contribution in [2.45, 2.75) is 26.3 Å². The van der Waals surface area contributed by atoms with Gasteiger partial charge in [0.25, 0.3) is 0 Å². The number of carbonyl (C=O) groups is 1. The van der Waals surface area contributed by atoms with Crippen molar-refractivity contribution in [1.29, 1.82) is 0 Å². The average molecular weight is 354 g/mol. The van der Waals surface area contributed by atoms with Crippen molar-refractivity contribution >= 4 is 11.6 Å². The Kier molecular flexibility index (Phi) is 6.03. The molecule has 0 spiro atoms. The van der Waals surface area contributed by atoms with Crippen LogP contribution in [0.15, 0.2) is 48.7 Å². The second kappa shape index (κ2) is 8.84. The van der Waals surface area contributed by atoms with Crippen molar-refractivity contribution in [2.75, 3.05) is 13.2 Å². The van der Waals surface area contributed by atoms with Crippen LogP contribution in [0.5, 0.6) is 11.5 Å². The first-order valence-corrected chi connectivity index (χ1v) is 8.68. The second-order valence-corrected chi connectivity index (χ2v) is 5.65. The van der Waals surface area contributed by atoms with Crippen LogP contribution in [0.25, 0.3) is 5.65 Å². The molecule has 1 N–H and O–H groups in total. The summed E-state index contributed by atoms with van der Waals surface area (Å²) in [5.74, 6) is 2.08. The molecule has 0 atom stereocenters. The number of benzene rings is 1. The highest BCUT2D eigenvalue weighted by molar-refractivity contribution is 5.75. The average Bonchev–Trinajstić information content (AvgIpc) is 3.08. The maximum atomic E-state index is 12.0. The Hall–Kier alpha value is -3.09. The smallest absolute Gasteiger partial charge is 0.220 e. The Morgan fingerprint density at radius 1 is 1.08 bits per heavy atom. The van der Waals surface area contributed by atoms with Gasteiger partial charge in [-0.2, -0.15) is 0 Å². The highest BCUT2D eigenvalue weighted by Crippen LogP contribution is 2.26. The van der Waals surface area contributed by atoms with Gasteiger partial charge in [-0.25, -0.2) is 0 Å². The molecular formula is C19H22N4O3. The molecule has 7 nitrogen and oxygen atoms in total. The Balaban J connectivity index is 1.41. The minimum absolute atomic E-state index is 0.0422. The lowest BCUT2D eigenvalue weighted by molar-refractivity contribution is -0.121. The van der Waals surface area contributed by atoms with Gasteiger partial charge in [0.2, 0.25) is 5.91 Å². The molecule has 0 fully saturated rings. The highest BCUT2D eigenvalue weighted by atomic mass is 16.5. The lowest BCUT2D eigenvalue weighted by atomic mass is 10.3. The number of carbonyl (C=O) groups excluding carboxylic acids is 1. The number of nitrogens with zero attached hydrogens (tertiary/aromatic N) is 3. The van der Waals surface area contributed by atoms with Crippen molar-refractivity contribution in [1.82, 2.24) is 19.9 Å². The Bertz CT molecular complexity index is 863. The fourth-order valence-corrected chi connectivity index (χ4v) is 2.54. The second-order valence-electron chi connectivity index (χ2n) is 5.65. The number of para-hydroxylation sites is 2. The maximum Gasteiger partial charge on any atom is 0.220 e. The number of hydrogen-bond acceptors (Lipinski definition) is 5. The van der Waals surface area contributed by atoms with E-state index in [2.05, 4.69) is 15.5 Å². The zero-order valence-electron chi connectivity index (χ0n) is 14.7. The summed E-state index contributed by atoms with van der Waals surface area (Å²) in [5.41, 5.74) is 0.762. The number of amides is 1. The van der Waals surface area contributed by atoms with E-state index in [1.54, 1.807) is 0 Å². The largest absolute Gasteiger partial charge is 0.490 e. The lowest BCUT2D eigenvalue weighted by Gasteiger charge is -2.11. The summed E-state index contributed by atoms with van der Waals surface area (Å²) in [4.78, 5) is 12.0. The minimum atomic E-state index is -0.0422.